The first-order valence-corrected chi connectivity index (χ1v) is 3.91. The fraction of sp³-hybridized carbons (Fsp3) is 0.125. The summed E-state index contributed by atoms with van der Waals surface area (Å²) in [6.07, 6.45) is 0. The summed E-state index contributed by atoms with van der Waals surface area (Å²) in [5.74, 6) is -1.19. The van der Waals surface area contributed by atoms with Crippen molar-refractivity contribution in [1.29, 1.82) is 0 Å². The van der Waals surface area contributed by atoms with E-state index in [1.54, 1.807) is 0 Å². The van der Waals surface area contributed by atoms with E-state index >= 15 is 0 Å². The highest BCUT2D eigenvalue weighted by atomic mass is 16.7. The summed E-state index contributed by atoms with van der Waals surface area (Å²) < 4.78 is 9.76. The van der Waals surface area contributed by atoms with E-state index in [2.05, 4.69) is 0 Å². The lowest BCUT2D eigenvalue weighted by atomic mass is 10.1. The van der Waals surface area contributed by atoms with Crippen molar-refractivity contribution in [3.05, 3.63) is 27.8 Å². The van der Waals surface area contributed by atoms with Gasteiger partial charge < -0.3 is 14.6 Å². The van der Waals surface area contributed by atoms with Crippen molar-refractivity contribution in [3.63, 3.8) is 0 Å². The molecule has 0 saturated heterocycles. The first-order valence-electron chi connectivity index (χ1n) is 3.91. The highest BCUT2D eigenvalue weighted by molar-refractivity contribution is 5.90. The largest absolute Gasteiger partial charge is 0.478 e. The minimum atomic E-state index is -1.25. The van der Waals surface area contributed by atoms with Gasteiger partial charge in [0.2, 0.25) is 12.5 Å². The number of carbonyl (C=O) groups is 1. The molecular formula is C8H5NO6. The number of nitrogens with zero attached hydrogens (tertiary/aromatic N) is 1. The summed E-state index contributed by atoms with van der Waals surface area (Å²) in [4.78, 5) is 20.6. The third-order valence-electron chi connectivity index (χ3n) is 1.90. The quantitative estimate of drug-likeness (QED) is 0.579. The predicted molar refractivity (Wildman–Crippen MR) is 46.2 cm³/mol. The van der Waals surface area contributed by atoms with Gasteiger partial charge in [-0.1, -0.05) is 0 Å². The molecule has 0 aliphatic carbocycles. The SMILES string of the molecule is O=C(O)c1cc2c(c([N+](=O)[O-])c1)OCO2. The standard InChI is InChI=1S/C8H5NO6/c10-8(11)4-1-5(9(12)13)7-6(2-4)14-3-15-7/h1-2H,3H2,(H,10,11). The van der Waals surface area contributed by atoms with Crippen LogP contribution in [0.25, 0.3) is 0 Å². The van der Waals surface area contributed by atoms with Crippen LogP contribution in [0.3, 0.4) is 0 Å². The number of nitro benzene ring substituents is 1. The Bertz CT molecular complexity index is 455. The second kappa shape index (κ2) is 3.12. The molecule has 1 aliphatic rings. The average molecular weight is 211 g/mol. The lowest BCUT2D eigenvalue weighted by Gasteiger charge is -1.99. The number of hydrogen-bond donors (Lipinski definition) is 1. The van der Waals surface area contributed by atoms with Gasteiger partial charge >= 0.3 is 11.7 Å². The van der Waals surface area contributed by atoms with Gasteiger partial charge in [0.15, 0.2) is 5.75 Å². The van der Waals surface area contributed by atoms with Gasteiger partial charge in [0.1, 0.15) is 0 Å². The van der Waals surface area contributed by atoms with Gasteiger partial charge in [0.05, 0.1) is 10.5 Å². The second-order valence-corrected chi connectivity index (χ2v) is 2.79. The molecule has 0 spiro atoms. The number of ether oxygens (including phenoxy) is 2. The van der Waals surface area contributed by atoms with E-state index in [4.69, 9.17) is 14.6 Å². The molecule has 0 atom stereocenters. The number of nitro groups is 1. The Balaban J connectivity index is 2.62. The summed E-state index contributed by atoms with van der Waals surface area (Å²) in [5.41, 5.74) is -0.603. The molecule has 0 unspecified atom stereocenters. The van der Waals surface area contributed by atoms with E-state index in [1.165, 1.54) is 6.07 Å². The van der Waals surface area contributed by atoms with Gasteiger partial charge in [-0.25, -0.2) is 4.79 Å². The Kier molecular flexibility index (Phi) is 1.93. The smallest absolute Gasteiger partial charge is 0.336 e. The Morgan fingerprint density at radius 3 is 2.80 bits per heavy atom. The normalized spacial score (nSPS) is 12.5. The van der Waals surface area contributed by atoms with E-state index in [9.17, 15) is 14.9 Å². The van der Waals surface area contributed by atoms with Crippen LogP contribution in [0.2, 0.25) is 0 Å². The Labute approximate surface area is 83.0 Å². The van der Waals surface area contributed by atoms with Crippen LogP contribution in [-0.4, -0.2) is 22.8 Å². The van der Waals surface area contributed by atoms with Crippen LogP contribution in [0, 0.1) is 10.1 Å². The van der Waals surface area contributed by atoms with E-state index < -0.39 is 16.6 Å². The van der Waals surface area contributed by atoms with E-state index in [0.717, 1.165) is 6.07 Å². The number of fused-ring (bicyclic) bond motifs is 1. The fourth-order valence-electron chi connectivity index (χ4n) is 1.25. The molecule has 0 amide bonds. The molecule has 7 nitrogen and oxygen atoms in total. The zero-order valence-electron chi connectivity index (χ0n) is 7.30. The van der Waals surface area contributed by atoms with Crippen LogP contribution >= 0.6 is 0 Å². The topological polar surface area (TPSA) is 98.9 Å². The highest BCUT2D eigenvalue weighted by Gasteiger charge is 2.28. The van der Waals surface area contributed by atoms with E-state index in [-0.39, 0.29) is 23.9 Å². The molecule has 1 aromatic carbocycles. The molecule has 7 heteroatoms. The maximum Gasteiger partial charge on any atom is 0.336 e. The van der Waals surface area contributed by atoms with Crippen molar-refractivity contribution in [1.82, 2.24) is 0 Å². The van der Waals surface area contributed by atoms with Crippen LogP contribution in [0.1, 0.15) is 10.4 Å². The summed E-state index contributed by atoms with van der Waals surface area (Å²) in [6, 6.07) is 2.13. The molecule has 0 radical (unpaired) electrons. The third-order valence-corrected chi connectivity index (χ3v) is 1.90. The number of aromatic carboxylic acids is 1. The first-order chi connectivity index (χ1) is 7.09. The number of hydrogen-bond acceptors (Lipinski definition) is 5. The van der Waals surface area contributed by atoms with Crippen LogP contribution < -0.4 is 9.47 Å². The van der Waals surface area contributed by atoms with Crippen molar-refractivity contribution in [3.8, 4) is 11.5 Å². The van der Waals surface area contributed by atoms with E-state index in [1.807, 2.05) is 0 Å². The summed E-state index contributed by atoms with van der Waals surface area (Å²) in [7, 11) is 0. The van der Waals surface area contributed by atoms with Gasteiger partial charge in [0.25, 0.3) is 0 Å². The zero-order valence-corrected chi connectivity index (χ0v) is 7.30. The average Bonchev–Trinajstić information content (AvgIpc) is 2.62. The van der Waals surface area contributed by atoms with Gasteiger partial charge in [-0.05, 0) is 6.07 Å². The number of rotatable bonds is 2. The van der Waals surface area contributed by atoms with Gasteiger partial charge in [0, 0.05) is 6.07 Å². The van der Waals surface area contributed by atoms with Crippen molar-refractivity contribution in [2.24, 2.45) is 0 Å². The summed E-state index contributed by atoms with van der Waals surface area (Å²) >= 11 is 0. The Hall–Kier alpha value is -2.31. The lowest BCUT2D eigenvalue weighted by Crippen LogP contribution is -1.98. The minimum absolute atomic E-state index is 0.0231. The molecule has 15 heavy (non-hydrogen) atoms. The highest BCUT2D eigenvalue weighted by Crippen LogP contribution is 2.41. The minimum Gasteiger partial charge on any atom is -0.478 e. The predicted octanol–water partition coefficient (Wildman–Crippen LogP) is 1.02. The first kappa shape index (κ1) is 9.25. The van der Waals surface area contributed by atoms with Crippen molar-refractivity contribution < 1.29 is 24.3 Å². The van der Waals surface area contributed by atoms with Crippen LogP contribution in [0.15, 0.2) is 12.1 Å². The lowest BCUT2D eigenvalue weighted by molar-refractivity contribution is -0.385. The molecule has 0 bridgehead atoms. The van der Waals surface area contributed by atoms with Gasteiger partial charge in [-0.3, -0.25) is 10.1 Å². The molecule has 78 valence electrons. The molecule has 0 aromatic heterocycles. The molecule has 1 aliphatic heterocycles. The van der Waals surface area contributed by atoms with Crippen LogP contribution in [-0.2, 0) is 0 Å². The maximum atomic E-state index is 10.7. The molecule has 1 N–H and O–H groups in total. The Morgan fingerprint density at radius 1 is 1.47 bits per heavy atom. The van der Waals surface area contributed by atoms with E-state index in [0.29, 0.717) is 0 Å². The Morgan fingerprint density at radius 2 is 2.20 bits per heavy atom. The monoisotopic (exact) mass is 211 g/mol. The molecule has 1 aromatic rings. The van der Waals surface area contributed by atoms with Gasteiger partial charge in [-0.15, -0.1) is 0 Å². The fourth-order valence-corrected chi connectivity index (χ4v) is 1.25. The number of carboxylic acids is 1. The number of carboxylic acid groups (broad SMARTS) is 1. The van der Waals surface area contributed by atoms with Crippen molar-refractivity contribution in [2.45, 2.75) is 0 Å². The van der Waals surface area contributed by atoms with Crippen LogP contribution in [0.5, 0.6) is 11.5 Å². The third kappa shape index (κ3) is 1.43. The maximum absolute atomic E-state index is 10.7. The van der Waals surface area contributed by atoms with Crippen molar-refractivity contribution in [2.75, 3.05) is 6.79 Å². The molecule has 0 fully saturated rings. The molecule has 2 rings (SSSR count). The molecular weight excluding hydrogens is 206 g/mol. The van der Waals surface area contributed by atoms with Crippen molar-refractivity contribution >= 4 is 11.7 Å². The van der Waals surface area contributed by atoms with Gasteiger partial charge in [-0.2, -0.15) is 0 Å². The summed E-state index contributed by atoms with van der Waals surface area (Å²) in [5, 5.41) is 19.3. The van der Waals surface area contributed by atoms with Crippen LogP contribution in [0.4, 0.5) is 5.69 Å². The summed E-state index contributed by atoms with van der Waals surface area (Å²) in [6.45, 7) is -0.140. The number of benzene rings is 1. The second-order valence-electron chi connectivity index (χ2n) is 2.79. The molecule has 1 heterocycles. The zero-order chi connectivity index (χ0) is 11.0. The molecule has 0 saturated carbocycles.